The Kier molecular flexibility index (Phi) is 5.06. The standard InChI is InChI=1S/C18H21F3NO2P/c1-17(2,3)12-6-7-14(15(10-12)25(4,5)23)24-13-8-9-22-16(11-13)18(19,20)21/h6-11H,1-5H3. The number of hydrogen-bond acceptors (Lipinski definition) is 3. The molecule has 0 radical (unpaired) electrons. The van der Waals surface area contributed by atoms with Crippen molar-refractivity contribution in [3.05, 3.63) is 47.8 Å². The highest BCUT2D eigenvalue weighted by Gasteiger charge is 2.33. The van der Waals surface area contributed by atoms with Crippen LogP contribution in [0.4, 0.5) is 13.2 Å². The van der Waals surface area contributed by atoms with Gasteiger partial charge in [0, 0.05) is 12.3 Å². The van der Waals surface area contributed by atoms with Crippen LogP contribution in [0.5, 0.6) is 11.5 Å². The molecule has 7 heteroatoms. The van der Waals surface area contributed by atoms with E-state index in [-0.39, 0.29) is 11.2 Å². The molecule has 0 aliphatic rings. The van der Waals surface area contributed by atoms with Crippen LogP contribution < -0.4 is 10.0 Å². The third-order valence-electron chi connectivity index (χ3n) is 3.65. The smallest absolute Gasteiger partial charge is 0.433 e. The van der Waals surface area contributed by atoms with Gasteiger partial charge in [-0.2, -0.15) is 13.2 Å². The third kappa shape index (κ3) is 4.85. The highest BCUT2D eigenvalue weighted by molar-refractivity contribution is 7.70. The van der Waals surface area contributed by atoms with Crippen molar-refractivity contribution in [2.45, 2.75) is 32.4 Å². The van der Waals surface area contributed by atoms with Gasteiger partial charge in [-0.1, -0.05) is 26.8 Å². The molecule has 0 fully saturated rings. The Hall–Kier alpha value is -1.81. The molecule has 25 heavy (non-hydrogen) atoms. The van der Waals surface area contributed by atoms with Gasteiger partial charge in [0.1, 0.15) is 24.3 Å². The van der Waals surface area contributed by atoms with E-state index in [2.05, 4.69) is 4.98 Å². The summed E-state index contributed by atoms with van der Waals surface area (Å²) < 4.78 is 56.7. The average molecular weight is 371 g/mol. The summed E-state index contributed by atoms with van der Waals surface area (Å²) in [4.78, 5) is 3.31. The first-order valence-corrected chi connectivity index (χ1v) is 10.3. The van der Waals surface area contributed by atoms with Crippen LogP contribution in [-0.2, 0) is 16.2 Å². The van der Waals surface area contributed by atoms with Crippen molar-refractivity contribution in [3.8, 4) is 11.5 Å². The number of hydrogen-bond donors (Lipinski definition) is 0. The molecule has 0 saturated heterocycles. The summed E-state index contributed by atoms with van der Waals surface area (Å²) in [5.41, 5.74) is -0.207. The van der Waals surface area contributed by atoms with Crippen LogP contribution in [0.1, 0.15) is 32.0 Å². The summed E-state index contributed by atoms with van der Waals surface area (Å²) in [5, 5.41) is 0.505. The Labute approximate surface area is 145 Å². The zero-order chi connectivity index (χ0) is 19.0. The lowest BCUT2D eigenvalue weighted by atomic mass is 9.87. The fourth-order valence-electron chi connectivity index (χ4n) is 2.25. The minimum absolute atomic E-state index is 0.000494. The molecule has 0 saturated carbocycles. The first-order valence-electron chi connectivity index (χ1n) is 7.70. The molecular weight excluding hydrogens is 350 g/mol. The van der Waals surface area contributed by atoms with Gasteiger partial charge in [0.15, 0.2) is 0 Å². The van der Waals surface area contributed by atoms with Gasteiger partial charge in [0.05, 0.1) is 5.30 Å². The highest BCUT2D eigenvalue weighted by Crippen LogP contribution is 2.41. The second-order valence-electron chi connectivity index (χ2n) is 7.26. The van der Waals surface area contributed by atoms with E-state index >= 15 is 0 Å². The molecule has 3 nitrogen and oxygen atoms in total. The fraction of sp³-hybridized carbons (Fsp3) is 0.389. The number of pyridine rings is 1. The minimum atomic E-state index is -4.55. The number of nitrogens with zero attached hydrogens (tertiary/aromatic N) is 1. The van der Waals surface area contributed by atoms with Gasteiger partial charge in [-0.3, -0.25) is 4.98 Å². The van der Waals surface area contributed by atoms with E-state index in [1.54, 1.807) is 19.4 Å². The van der Waals surface area contributed by atoms with Crippen LogP contribution >= 0.6 is 7.14 Å². The Morgan fingerprint density at radius 1 is 1.04 bits per heavy atom. The molecule has 0 bridgehead atoms. The van der Waals surface area contributed by atoms with Crippen molar-refractivity contribution >= 4 is 12.4 Å². The topological polar surface area (TPSA) is 39.2 Å². The lowest BCUT2D eigenvalue weighted by Crippen LogP contribution is -2.16. The van der Waals surface area contributed by atoms with Crippen molar-refractivity contribution in [1.29, 1.82) is 0 Å². The number of benzene rings is 1. The van der Waals surface area contributed by atoms with E-state index in [1.165, 1.54) is 6.07 Å². The van der Waals surface area contributed by atoms with Gasteiger partial charge in [-0.15, -0.1) is 0 Å². The number of aromatic nitrogens is 1. The maximum absolute atomic E-state index is 12.8. The lowest BCUT2D eigenvalue weighted by Gasteiger charge is -2.22. The Morgan fingerprint density at radius 2 is 1.68 bits per heavy atom. The SMILES string of the molecule is CC(C)(C)c1ccc(Oc2ccnc(C(F)(F)F)c2)c(P(C)(C)=O)c1. The first kappa shape index (κ1) is 19.5. The van der Waals surface area contributed by atoms with Gasteiger partial charge in [0.25, 0.3) is 0 Å². The van der Waals surface area contributed by atoms with E-state index in [4.69, 9.17) is 4.74 Å². The average Bonchev–Trinajstić information content (AvgIpc) is 2.44. The van der Waals surface area contributed by atoms with E-state index in [0.29, 0.717) is 11.1 Å². The van der Waals surface area contributed by atoms with Crippen LogP contribution in [0.25, 0.3) is 0 Å². The monoisotopic (exact) mass is 371 g/mol. The normalized spacial score (nSPS) is 13.0. The van der Waals surface area contributed by atoms with Gasteiger partial charge >= 0.3 is 6.18 Å². The molecule has 2 rings (SSSR count). The summed E-state index contributed by atoms with van der Waals surface area (Å²) in [6.45, 7) is 9.30. The summed E-state index contributed by atoms with van der Waals surface area (Å²) in [5.74, 6) is 0.293. The van der Waals surface area contributed by atoms with Crippen molar-refractivity contribution in [3.63, 3.8) is 0 Å². The third-order valence-corrected chi connectivity index (χ3v) is 5.16. The zero-order valence-corrected chi connectivity index (χ0v) is 15.7. The van der Waals surface area contributed by atoms with Gasteiger partial charge in [0.2, 0.25) is 0 Å². The summed E-state index contributed by atoms with van der Waals surface area (Å²) in [7, 11) is -2.70. The van der Waals surface area contributed by atoms with Crippen molar-refractivity contribution < 1.29 is 22.5 Å². The molecule has 0 spiro atoms. The molecule has 0 aliphatic heterocycles. The molecule has 2 aromatic rings. The second kappa shape index (κ2) is 6.49. The number of alkyl halides is 3. The molecule has 1 aromatic heterocycles. The Morgan fingerprint density at radius 3 is 2.20 bits per heavy atom. The van der Waals surface area contributed by atoms with Crippen LogP contribution in [-0.4, -0.2) is 18.3 Å². The predicted octanol–water partition coefficient (Wildman–Crippen LogP) is 5.44. The number of rotatable bonds is 3. The quantitative estimate of drug-likeness (QED) is 0.675. The molecule has 1 aromatic carbocycles. The zero-order valence-electron chi connectivity index (χ0n) is 14.8. The van der Waals surface area contributed by atoms with E-state index in [9.17, 15) is 17.7 Å². The highest BCUT2D eigenvalue weighted by atomic mass is 31.2. The van der Waals surface area contributed by atoms with Gasteiger partial charge in [-0.25, -0.2) is 0 Å². The Balaban J connectivity index is 2.48. The molecule has 0 atom stereocenters. The lowest BCUT2D eigenvalue weighted by molar-refractivity contribution is -0.141. The molecule has 0 aliphatic carbocycles. The summed E-state index contributed by atoms with van der Waals surface area (Å²) in [6, 6.07) is 7.47. The van der Waals surface area contributed by atoms with Crippen molar-refractivity contribution in [2.24, 2.45) is 0 Å². The second-order valence-corrected chi connectivity index (χ2v) is 10.4. The molecule has 0 unspecified atom stereocenters. The van der Waals surface area contributed by atoms with E-state index in [0.717, 1.165) is 17.8 Å². The Bertz CT molecular complexity index is 820. The van der Waals surface area contributed by atoms with Crippen LogP contribution in [0.2, 0.25) is 0 Å². The molecule has 0 amide bonds. The fourth-order valence-corrected chi connectivity index (χ4v) is 3.35. The van der Waals surface area contributed by atoms with Crippen LogP contribution in [0.3, 0.4) is 0 Å². The number of halogens is 3. The van der Waals surface area contributed by atoms with Crippen LogP contribution in [0.15, 0.2) is 36.5 Å². The first-order chi connectivity index (χ1) is 11.3. The maximum Gasteiger partial charge on any atom is 0.433 e. The summed E-state index contributed by atoms with van der Waals surface area (Å²) in [6.07, 6.45) is -3.51. The molecule has 0 N–H and O–H groups in total. The molecular formula is C18H21F3NO2P. The summed E-state index contributed by atoms with van der Waals surface area (Å²) >= 11 is 0. The molecule has 1 heterocycles. The predicted molar refractivity (Wildman–Crippen MR) is 93.5 cm³/mol. The van der Waals surface area contributed by atoms with Gasteiger partial charge < -0.3 is 9.30 Å². The number of ether oxygens (including phenoxy) is 1. The van der Waals surface area contributed by atoms with Crippen molar-refractivity contribution in [2.75, 3.05) is 13.3 Å². The largest absolute Gasteiger partial charge is 0.456 e. The van der Waals surface area contributed by atoms with Gasteiger partial charge in [-0.05, 0) is 42.5 Å². The van der Waals surface area contributed by atoms with E-state index in [1.807, 2.05) is 32.9 Å². The maximum atomic E-state index is 12.8. The van der Waals surface area contributed by atoms with Crippen molar-refractivity contribution in [1.82, 2.24) is 4.98 Å². The molecule has 136 valence electrons. The minimum Gasteiger partial charge on any atom is -0.456 e. The van der Waals surface area contributed by atoms with Crippen LogP contribution in [0, 0.1) is 0 Å². The van der Waals surface area contributed by atoms with E-state index < -0.39 is 19.0 Å².